The highest BCUT2D eigenvalue weighted by Crippen LogP contribution is 2.49. The topological polar surface area (TPSA) is 58.2 Å². The number of carbonyl (C=O) groups excluding carboxylic acids is 2. The first-order valence-corrected chi connectivity index (χ1v) is 8.43. The Labute approximate surface area is 141 Å². The summed E-state index contributed by atoms with van der Waals surface area (Å²) in [5.41, 5.74) is 3.88. The van der Waals surface area contributed by atoms with Crippen molar-refractivity contribution in [3.8, 4) is 0 Å². The second-order valence-electron chi connectivity index (χ2n) is 6.77. The average molecular weight is 320 g/mol. The number of carbonyl (C=O) groups is 2. The fourth-order valence-corrected chi connectivity index (χ4v) is 3.99. The maximum absolute atomic E-state index is 12.5. The molecule has 24 heavy (non-hydrogen) atoms. The van der Waals surface area contributed by atoms with Crippen LogP contribution in [0.25, 0.3) is 0 Å². The lowest BCUT2D eigenvalue weighted by atomic mass is 9.80. The van der Waals surface area contributed by atoms with Gasteiger partial charge >= 0.3 is 0 Å². The second-order valence-corrected chi connectivity index (χ2v) is 6.77. The van der Waals surface area contributed by atoms with Crippen LogP contribution in [0.5, 0.6) is 0 Å². The van der Waals surface area contributed by atoms with Gasteiger partial charge in [-0.05, 0) is 55.2 Å². The predicted molar refractivity (Wildman–Crippen MR) is 94.3 cm³/mol. The minimum absolute atomic E-state index is 0.109. The van der Waals surface area contributed by atoms with E-state index in [9.17, 15) is 9.59 Å². The normalized spacial score (nSPS) is 17.6. The number of amides is 2. The van der Waals surface area contributed by atoms with E-state index >= 15 is 0 Å². The second kappa shape index (κ2) is 5.48. The van der Waals surface area contributed by atoms with Gasteiger partial charge in [-0.1, -0.05) is 31.0 Å². The zero-order chi connectivity index (χ0) is 16.7. The molecule has 122 valence electrons. The van der Waals surface area contributed by atoms with Crippen LogP contribution < -0.4 is 10.6 Å². The Bertz CT molecular complexity index is 835. The third-order valence-corrected chi connectivity index (χ3v) is 5.32. The Morgan fingerprint density at radius 2 is 1.88 bits per heavy atom. The van der Waals surface area contributed by atoms with E-state index in [-0.39, 0.29) is 11.8 Å². The van der Waals surface area contributed by atoms with Crippen LogP contribution in [0.3, 0.4) is 0 Å². The molecule has 0 unspecified atom stereocenters. The Kier molecular flexibility index (Phi) is 3.41. The van der Waals surface area contributed by atoms with Crippen LogP contribution in [0.1, 0.15) is 47.2 Å². The van der Waals surface area contributed by atoms with E-state index in [0.717, 1.165) is 48.2 Å². The molecular formula is C20H20N2O2. The molecule has 0 atom stereocenters. The number of hydrogen-bond acceptors (Lipinski definition) is 2. The molecule has 1 aliphatic carbocycles. The molecule has 0 aromatic heterocycles. The van der Waals surface area contributed by atoms with Crippen molar-refractivity contribution in [2.24, 2.45) is 0 Å². The lowest BCUT2D eigenvalue weighted by molar-refractivity contribution is -0.120. The summed E-state index contributed by atoms with van der Waals surface area (Å²) in [6.07, 6.45) is 3.93. The zero-order valence-electron chi connectivity index (χ0n) is 13.7. The minimum Gasteiger partial charge on any atom is -0.325 e. The molecule has 1 fully saturated rings. The molecular weight excluding hydrogens is 300 g/mol. The zero-order valence-corrected chi connectivity index (χ0v) is 13.7. The summed E-state index contributed by atoms with van der Waals surface area (Å²) >= 11 is 0. The van der Waals surface area contributed by atoms with Gasteiger partial charge in [0.1, 0.15) is 0 Å². The fraction of sp³-hybridized carbons (Fsp3) is 0.300. The monoisotopic (exact) mass is 320 g/mol. The van der Waals surface area contributed by atoms with Crippen molar-refractivity contribution in [1.82, 2.24) is 0 Å². The van der Waals surface area contributed by atoms with Crippen molar-refractivity contribution in [1.29, 1.82) is 0 Å². The smallest absolute Gasteiger partial charge is 0.255 e. The third kappa shape index (κ3) is 2.21. The largest absolute Gasteiger partial charge is 0.325 e. The number of aryl methyl sites for hydroxylation is 1. The first-order valence-electron chi connectivity index (χ1n) is 8.43. The molecule has 2 aromatic carbocycles. The molecule has 2 N–H and O–H groups in total. The number of benzene rings is 2. The SMILES string of the molecule is Cc1ccccc1C(=O)Nc1ccc2c(c1)C1(CCCC1)C(=O)N2. The molecule has 4 nitrogen and oxygen atoms in total. The molecule has 0 radical (unpaired) electrons. The van der Waals surface area contributed by atoms with Crippen LogP contribution in [-0.2, 0) is 10.2 Å². The molecule has 4 rings (SSSR count). The Morgan fingerprint density at radius 1 is 1.12 bits per heavy atom. The highest BCUT2D eigenvalue weighted by atomic mass is 16.2. The molecule has 1 heterocycles. The van der Waals surface area contributed by atoms with E-state index in [1.165, 1.54) is 0 Å². The van der Waals surface area contributed by atoms with E-state index in [2.05, 4.69) is 10.6 Å². The van der Waals surface area contributed by atoms with Crippen LogP contribution in [0.15, 0.2) is 42.5 Å². The van der Waals surface area contributed by atoms with Crippen LogP contribution >= 0.6 is 0 Å². The van der Waals surface area contributed by atoms with Crippen molar-refractivity contribution >= 4 is 23.2 Å². The fourth-order valence-electron chi connectivity index (χ4n) is 3.99. The average Bonchev–Trinajstić information content (AvgIpc) is 3.16. The Morgan fingerprint density at radius 3 is 2.62 bits per heavy atom. The standard InChI is InChI=1S/C20H20N2O2/c1-13-6-2-3-7-15(13)18(23)21-14-8-9-17-16(12-14)20(19(24)22-17)10-4-5-11-20/h2-3,6-9,12H,4-5,10-11H2,1H3,(H,21,23)(H,22,24). The summed E-state index contributed by atoms with van der Waals surface area (Å²) in [5.74, 6) is -0.0109. The molecule has 1 aliphatic heterocycles. The highest BCUT2D eigenvalue weighted by Gasteiger charge is 2.48. The van der Waals surface area contributed by atoms with Crippen LogP contribution in [0, 0.1) is 6.92 Å². The maximum Gasteiger partial charge on any atom is 0.255 e. The van der Waals surface area contributed by atoms with Gasteiger partial charge in [0.15, 0.2) is 0 Å². The summed E-state index contributed by atoms with van der Waals surface area (Å²) in [6.45, 7) is 1.92. The van der Waals surface area contributed by atoms with E-state index < -0.39 is 5.41 Å². The Hall–Kier alpha value is -2.62. The minimum atomic E-state index is -0.390. The number of anilines is 2. The summed E-state index contributed by atoms with van der Waals surface area (Å²) < 4.78 is 0. The Balaban J connectivity index is 1.65. The number of rotatable bonds is 2. The summed E-state index contributed by atoms with van der Waals surface area (Å²) in [4.78, 5) is 25.0. The molecule has 2 amide bonds. The lowest BCUT2D eigenvalue weighted by Crippen LogP contribution is -2.31. The van der Waals surface area contributed by atoms with Gasteiger partial charge in [0.2, 0.25) is 5.91 Å². The molecule has 0 bridgehead atoms. The van der Waals surface area contributed by atoms with E-state index in [1.54, 1.807) is 0 Å². The van der Waals surface area contributed by atoms with Crippen LogP contribution in [0.4, 0.5) is 11.4 Å². The van der Waals surface area contributed by atoms with Crippen molar-refractivity contribution in [3.63, 3.8) is 0 Å². The van der Waals surface area contributed by atoms with Gasteiger partial charge in [0.05, 0.1) is 5.41 Å². The van der Waals surface area contributed by atoms with E-state index in [4.69, 9.17) is 0 Å². The van der Waals surface area contributed by atoms with Crippen molar-refractivity contribution in [3.05, 3.63) is 59.2 Å². The maximum atomic E-state index is 12.5. The number of fused-ring (bicyclic) bond motifs is 2. The van der Waals surface area contributed by atoms with Gasteiger partial charge in [0, 0.05) is 16.9 Å². The van der Waals surface area contributed by atoms with Gasteiger partial charge in [-0.2, -0.15) is 0 Å². The quantitative estimate of drug-likeness (QED) is 0.878. The predicted octanol–water partition coefficient (Wildman–Crippen LogP) is 4.01. The molecule has 4 heteroatoms. The van der Waals surface area contributed by atoms with Gasteiger partial charge < -0.3 is 10.6 Å². The molecule has 2 aromatic rings. The van der Waals surface area contributed by atoms with Crippen LogP contribution in [-0.4, -0.2) is 11.8 Å². The highest BCUT2D eigenvalue weighted by molar-refractivity contribution is 6.08. The summed E-state index contributed by atoms with van der Waals surface area (Å²) in [7, 11) is 0. The first kappa shape index (κ1) is 14.9. The molecule has 1 saturated carbocycles. The summed E-state index contributed by atoms with van der Waals surface area (Å²) in [6, 6.07) is 13.2. The molecule has 0 saturated heterocycles. The number of nitrogens with one attached hydrogen (secondary N) is 2. The first-order chi connectivity index (χ1) is 11.6. The molecule has 1 spiro atoms. The van der Waals surface area contributed by atoms with E-state index in [0.29, 0.717) is 5.56 Å². The van der Waals surface area contributed by atoms with Crippen molar-refractivity contribution < 1.29 is 9.59 Å². The number of hydrogen-bond donors (Lipinski definition) is 2. The third-order valence-electron chi connectivity index (χ3n) is 5.32. The van der Waals surface area contributed by atoms with E-state index in [1.807, 2.05) is 49.4 Å². The van der Waals surface area contributed by atoms with Gasteiger partial charge in [-0.3, -0.25) is 9.59 Å². The van der Waals surface area contributed by atoms with Crippen molar-refractivity contribution in [2.45, 2.75) is 38.0 Å². The van der Waals surface area contributed by atoms with Gasteiger partial charge in [0.25, 0.3) is 5.91 Å². The van der Waals surface area contributed by atoms with Crippen molar-refractivity contribution in [2.75, 3.05) is 10.6 Å². The molecule has 2 aliphatic rings. The summed E-state index contributed by atoms with van der Waals surface area (Å²) in [5, 5.41) is 5.97. The van der Waals surface area contributed by atoms with Gasteiger partial charge in [-0.15, -0.1) is 0 Å². The lowest BCUT2D eigenvalue weighted by Gasteiger charge is -2.21. The van der Waals surface area contributed by atoms with Gasteiger partial charge in [-0.25, -0.2) is 0 Å². The van der Waals surface area contributed by atoms with Crippen LogP contribution in [0.2, 0.25) is 0 Å².